The van der Waals surface area contributed by atoms with Crippen molar-refractivity contribution in [3.05, 3.63) is 48.5 Å². The van der Waals surface area contributed by atoms with E-state index in [-0.39, 0.29) is 24.2 Å². The number of halogens is 1. The number of benzene rings is 2. The van der Waals surface area contributed by atoms with Gasteiger partial charge in [0.1, 0.15) is 5.75 Å². The van der Waals surface area contributed by atoms with Crippen LogP contribution in [0, 0.1) is 11.8 Å². The van der Waals surface area contributed by atoms with Crippen LogP contribution in [0.2, 0.25) is 0 Å². The molecule has 0 unspecified atom stereocenters. The highest BCUT2D eigenvalue weighted by Gasteiger charge is 2.31. The molecule has 3 rings (SSSR count). The molecule has 6 heteroatoms. The van der Waals surface area contributed by atoms with E-state index in [0.717, 1.165) is 24.9 Å². The molecular weight excluding hydrogens is 352 g/mol. The zero-order chi connectivity index (χ0) is 17.6. The van der Waals surface area contributed by atoms with Crippen LogP contribution in [0.5, 0.6) is 17.2 Å². The number of hydrogen-bond donors (Lipinski definition) is 2. The second kappa shape index (κ2) is 9.46. The predicted molar refractivity (Wildman–Crippen MR) is 105 cm³/mol. The molecule has 0 radical (unpaired) electrons. The lowest BCUT2D eigenvalue weighted by Gasteiger charge is -2.17. The van der Waals surface area contributed by atoms with Crippen molar-refractivity contribution in [3.63, 3.8) is 0 Å². The number of nitrogens with one attached hydrogen (secondary N) is 1. The first kappa shape index (κ1) is 20.1. The third-order valence-electron chi connectivity index (χ3n) is 4.72. The van der Waals surface area contributed by atoms with E-state index in [2.05, 4.69) is 5.32 Å². The average molecular weight is 377 g/mol. The van der Waals surface area contributed by atoms with E-state index >= 15 is 0 Å². The van der Waals surface area contributed by atoms with Crippen LogP contribution in [-0.4, -0.2) is 19.6 Å². The average Bonchev–Trinajstić information content (AvgIpc) is 3.13. The Morgan fingerprint density at radius 1 is 1.12 bits per heavy atom. The number of para-hydroxylation sites is 2. The van der Waals surface area contributed by atoms with E-state index < -0.39 is 0 Å². The molecule has 0 heterocycles. The summed E-state index contributed by atoms with van der Waals surface area (Å²) in [7, 11) is 1.61. The summed E-state index contributed by atoms with van der Waals surface area (Å²) in [6, 6.07) is 14.8. The molecule has 1 aliphatic rings. The van der Waals surface area contributed by atoms with Gasteiger partial charge in [-0.1, -0.05) is 18.6 Å². The SMILES string of the molecule is COc1ccccc1Oc1ccc(NC(=O)[C@@H]2CCC[C@@H]2CN)cc1.Cl. The molecule has 2 aromatic carbocycles. The Balaban J connectivity index is 0.00000243. The molecule has 1 fully saturated rings. The Bertz CT molecular complexity index is 721. The standard InChI is InChI=1S/C20H24N2O3.ClH/c1-24-18-7-2-3-8-19(18)25-16-11-9-15(10-12-16)22-20(23)17-6-4-5-14(17)13-21;/h2-3,7-12,14,17H,4-6,13,21H2,1H3,(H,22,23);1H/t14-,17-;/m1./s1. The summed E-state index contributed by atoms with van der Waals surface area (Å²) < 4.78 is 11.1. The van der Waals surface area contributed by atoms with Gasteiger partial charge in [-0.05, 0) is 61.7 Å². The molecule has 0 aromatic heterocycles. The lowest BCUT2D eigenvalue weighted by atomic mass is 9.95. The van der Waals surface area contributed by atoms with Crippen LogP contribution in [0.4, 0.5) is 5.69 Å². The fraction of sp³-hybridized carbons (Fsp3) is 0.350. The number of carbonyl (C=O) groups is 1. The first-order chi connectivity index (χ1) is 12.2. The number of methoxy groups -OCH3 is 1. The highest BCUT2D eigenvalue weighted by atomic mass is 35.5. The van der Waals surface area contributed by atoms with Crippen LogP contribution in [0.1, 0.15) is 19.3 Å². The van der Waals surface area contributed by atoms with Gasteiger partial charge in [-0.3, -0.25) is 4.79 Å². The summed E-state index contributed by atoms with van der Waals surface area (Å²) >= 11 is 0. The van der Waals surface area contributed by atoms with Gasteiger partial charge in [-0.2, -0.15) is 0 Å². The summed E-state index contributed by atoms with van der Waals surface area (Å²) in [5, 5.41) is 2.99. The summed E-state index contributed by atoms with van der Waals surface area (Å²) in [6.07, 6.45) is 3.04. The fourth-order valence-corrected chi connectivity index (χ4v) is 3.34. The molecule has 0 aliphatic heterocycles. The van der Waals surface area contributed by atoms with Crippen LogP contribution in [0.15, 0.2) is 48.5 Å². The molecule has 0 bridgehead atoms. The van der Waals surface area contributed by atoms with Crippen LogP contribution in [0.25, 0.3) is 0 Å². The Hall–Kier alpha value is -2.24. The number of rotatable bonds is 6. The quantitative estimate of drug-likeness (QED) is 0.791. The number of hydrogen-bond acceptors (Lipinski definition) is 4. The highest BCUT2D eigenvalue weighted by molar-refractivity contribution is 5.93. The molecule has 2 atom stereocenters. The zero-order valence-electron chi connectivity index (χ0n) is 14.8. The van der Waals surface area contributed by atoms with E-state index in [1.807, 2.05) is 48.5 Å². The highest BCUT2D eigenvalue weighted by Crippen LogP contribution is 2.33. The Morgan fingerprint density at radius 2 is 1.81 bits per heavy atom. The molecule has 1 aliphatic carbocycles. The molecule has 1 saturated carbocycles. The lowest BCUT2D eigenvalue weighted by Crippen LogP contribution is -2.29. The lowest BCUT2D eigenvalue weighted by molar-refractivity contribution is -0.120. The molecule has 140 valence electrons. The maximum Gasteiger partial charge on any atom is 0.227 e. The van der Waals surface area contributed by atoms with Crippen molar-refractivity contribution in [2.45, 2.75) is 19.3 Å². The van der Waals surface area contributed by atoms with Crippen LogP contribution in [0.3, 0.4) is 0 Å². The second-order valence-corrected chi connectivity index (χ2v) is 6.30. The van der Waals surface area contributed by atoms with Gasteiger partial charge in [-0.25, -0.2) is 0 Å². The van der Waals surface area contributed by atoms with Crippen molar-refractivity contribution < 1.29 is 14.3 Å². The van der Waals surface area contributed by atoms with E-state index in [4.69, 9.17) is 15.2 Å². The first-order valence-corrected chi connectivity index (χ1v) is 8.63. The van der Waals surface area contributed by atoms with Gasteiger partial charge in [0.2, 0.25) is 5.91 Å². The molecule has 0 spiro atoms. The molecule has 26 heavy (non-hydrogen) atoms. The van der Waals surface area contributed by atoms with E-state index in [1.54, 1.807) is 7.11 Å². The number of ether oxygens (including phenoxy) is 2. The molecular formula is C20H25ClN2O3. The molecule has 1 amide bonds. The number of anilines is 1. The van der Waals surface area contributed by atoms with Gasteiger partial charge >= 0.3 is 0 Å². The smallest absolute Gasteiger partial charge is 0.227 e. The largest absolute Gasteiger partial charge is 0.493 e. The summed E-state index contributed by atoms with van der Waals surface area (Å²) in [4.78, 5) is 12.4. The predicted octanol–water partition coefficient (Wildman–Crippen LogP) is 4.22. The topological polar surface area (TPSA) is 73.6 Å². The molecule has 0 saturated heterocycles. The Labute approximate surface area is 160 Å². The normalized spacial score (nSPS) is 18.7. The zero-order valence-corrected chi connectivity index (χ0v) is 15.6. The minimum Gasteiger partial charge on any atom is -0.493 e. The molecule has 3 N–H and O–H groups in total. The maximum absolute atomic E-state index is 12.4. The van der Waals surface area contributed by atoms with Crippen molar-refractivity contribution in [3.8, 4) is 17.2 Å². The Kier molecular flexibility index (Phi) is 7.30. The van der Waals surface area contributed by atoms with Crippen LogP contribution >= 0.6 is 12.4 Å². The fourth-order valence-electron chi connectivity index (χ4n) is 3.34. The Morgan fingerprint density at radius 3 is 2.46 bits per heavy atom. The number of amides is 1. The maximum atomic E-state index is 12.4. The van der Waals surface area contributed by atoms with Crippen LogP contribution in [-0.2, 0) is 4.79 Å². The number of carbonyl (C=O) groups excluding carboxylic acids is 1. The summed E-state index contributed by atoms with van der Waals surface area (Å²) in [6.45, 7) is 0.573. The van der Waals surface area contributed by atoms with Crippen molar-refractivity contribution in [1.29, 1.82) is 0 Å². The van der Waals surface area contributed by atoms with E-state index in [0.29, 0.717) is 29.7 Å². The van der Waals surface area contributed by atoms with E-state index in [1.165, 1.54) is 0 Å². The van der Waals surface area contributed by atoms with E-state index in [9.17, 15) is 4.79 Å². The minimum atomic E-state index is 0. The summed E-state index contributed by atoms with van der Waals surface area (Å²) in [5.74, 6) is 2.39. The third-order valence-corrected chi connectivity index (χ3v) is 4.72. The third kappa shape index (κ3) is 4.68. The van der Waals surface area contributed by atoms with Gasteiger partial charge in [0.05, 0.1) is 7.11 Å². The van der Waals surface area contributed by atoms with Gasteiger partial charge in [-0.15, -0.1) is 12.4 Å². The van der Waals surface area contributed by atoms with Crippen molar-refractivity contribution >= 4 is 24.0 Å². The minimum absolute atomic E-state index is 0. The molecule has 5 nitrogen and oxygen atoms in total. The monoisotopic (exact) mass is 376 g/mol. The van der Waals surface area contributed by atoms with Crippen molar-refractivity contribution in [2.75, 3.05) is 19.0 Å². The second-order valence-electron chi connectivity index (χ2n) is 6.30. The van der Waals surface area contributed by atoms with Gasteiger partial charge in [0.15, 0.2) is 11.5 Å². The summed E-state index contributed by atoms with van der Waals surface area (Å²) in [5.41, 5.74) is 6.53. The number of nitrogens with two attached hydrogens (primary N) is 1. The van der Waals surface area contributed by atoms with Crippen molar-refractivity contribution in [1.82, 2.24) is 0 Å². The first-order valence-electron chi connectivity index (χ1n) is 8.63. The van der Waals surface area contributed by atoms with Gasteiger partial charge < -0.3 is 20.5 Å². The van der Waals surface area contributed by atoms with Crippen molar-refractivity contribution in [2.24, 2.45) is 17.6 Å². The van der Waals surface area contributed by atoms with Crippen LogP contribution < -0.4 is 20.5 Å². The van der Waals surface area contributed by atoms with Gasteiger partial charge in [0, 0.05) is 11.6 Å². The molecule has 2 aromatic rings. The van der Waals surface area contributed by atoms with Gasteiger partial charge in [0.25, 0.3) is 0 Å².